The van der Waals surface area contributed by atoms with Crippen molar-refractivity contribution in [2.24, 2.45) is 24.1 Å². The van der Waals surface area contributed by atoms with Gasteiger partial charge in [-0.25, -0.2) is 4.52 Å². The van der Waals surface area contributed by atoms with Crippen molar-refractivity contribution < 1.29 is 9.59 Å². The third kappa shape index (κ3) is 4.02. The monoisotopic (exact) mass is 448 g/mol. The molecule has 0 aliphatic carbocycles. The standard InChI is InChI=1S/C23H28N8O2/c1-5-14-10-30(22(33)23(2,3)13-24)12-18(14)28-20-17(21(25)32)8-27-31-11-15(6-19(20)31)16-7-26-29(4)9-16/h6-9,11,14,18,28H,5,10,12H2,1-4H3,(H2,25,32)/t14-,18+/m0/s1. The maximum atomic E-state index is 12.9. The molecule has 0 saturated carbocycles. The number of fused-ring (bicyclic) bond motifs is 1. The highest BCUT2D eigenvalue weighted by Gasteiger charge is 2.40. The van der Waals surface area contributed by atoms with Crippen LogP contribution in [0.3, 0.4) is 0 Å². The molecule has 2 amide bonds. The zero-order valence-corrected chi connectivity index (χ0v) is 19.2. The van der Waals surface area contributed by atoms with Gasteiger partial charge in [-0.2, -0.15) is 15.5 Å². The number of amides is 2. The molecule has 1 aliphatic rings. The van der Waals surface area contributed by atoms with Crippen LogP contribution >= 0.6 is 0 Å². The number of anilines is 1. The second-order valence-electron chi connectivity index (χ2n) is 9.12. The average molecular weight is 449 g/mol. The van der Waals surface area contributed by atoms with Crippen molar-refractivity contribution in [3.63, 3.8) is 0 Å². The van der Waals surface area contributed by atoms with Gasteiger partial charge in [-0.3, -0.25) is 14.3 Å². The molecule has 10 nitrogen and oxygen atoms in total. The van der Waals surface area contributed by atoms with Gasteiger partial charge in [0, 0.05) is 49.7 Å². The lowest BCUT2D eigenvalue weighted by molar-refractivity contribution is -0.136. The average Bonchev–Trinajstić information content (AvgIpc) is 3.50. The van der Waals surface area contributed by atoms with Crippen molar-refractivity contribution in [1.82, 2.24) is 24.3 Å². The molecule has 3 N–H and O–H groups in total. The van der Waals surface area contributed by atoms with Gasteiger partial charge in [-0.1, -0.05) is 6.92 Å². The first-order valence-electron chi connectivity index (χ1n) is 10.9. The van der Waals surface area contributed by atoms with Crippen LogP contribution in [-0.4, -0.2) is 55.2 Å². The SMILES string of the molecule is CC[C@H]1CN(C(=O)C(C)(C)C#N)C[C@H]1Nc1c(C(N)=O)cnn2cc(-c3cnn(C)c3)cc12. The Hall–Kier alpha value is -3.87. The topological polar surface area (TPSA) is 134 Å². The smallest absolute Gasteiger partial charge is 0.252 e. The first-order chi connectivity index (χ1) is 15.6. The molecule has 4 heterocycles. The summed E-state index contributed by atoms with van der Waals surface area (Å²) in [4.78, 5) is 26.9. The third-order valence-electron chi connectivity index (χ3n) is 6.34. The van der Waals surface area contributed by atoms with Gasteiger partial charge in [-0.15, -0.1) is 0 Å². The number of hydrogen-bond acceptors (Lipinski definition) is 6. The lowest BCUT2D eigenvalue weighted by atomic mass is 9.94. The molecular weight excluding hydrogens is 420 g/mol. The second kappa shape index (κ2) is 8.24. The molecule has 1 saturated heterocycles. The zero-order chi connectivity index (χ0) is 23.9. The molecule has 3 aromatic rings. The van der Waals surface area contributed by atoms with Gasteiger partial charge in [0.2, 0.25) is 5.91 Å². The summed E-state index contributed by atoms with van der Waals surface area (Å²) in [6.45, 7) is 6.32. The highest BCUT2D eigenvalue weighted by Crippen LogP contribution is 2.32. The number of carbonyl (C=O) groups is 2. The van der Waals surface area contributed by atoms with Crippen LogP contribution in [0.5, 0.6) is 0 Å². The molecule has 0 spiro atoms. The summed E-state index contributed by atoms with van der Waals surface area (Å²) in [5, 5.41) is 21.5. The minimum Gasteiger partial charge on any atom is -0.378 e. The Kier molecular flexibility index (Phi) is 5.57. The normalized spacial score (nSPS) is 18.5. The Labute approximate surface area is 192 Å². The van der Waals surface area contributed by atoms with E-state index in [9.17, 15) is 14.9 Å². The van der Waals surface area contributed by atoms with Gasteiger partial charge in [0.05, 0.1) is 35.2 Å². The molecular formula is C23H28N8O2. The number of nitrogens with two attached hydrogens (primary N) is 1. The maximum absolute atomic E-state index is 12.9. The Morgan fingerprint density at radius 2 is 2.00 bits per heavy atom. The molecule has 1 aliphatic heterocycles. The fraction of sp³-hybridized carbons (Fsp3) is 0.435. The molecule has 3 aromatic heterocycles. The Morgan fingerprint density at radius 1 is 1.24 bits per heavy atom. The van der Waals surface area contributed by atoms with Crippen LogP contribution in [-0.2, 0) is 11.8 Å². The molecule has 0 aromatic carbocycles. The van der Waals surface area contributed by atoms with E-state index < -0.39 is 11.3 Å². The van der Waals surface area contributed by atoms with Gasteiger partial charge >= 0.3 is 0 Å². The molecule has 0 unspecified atom stereocenters. The Morgan fingerprint density at radius 3 is 2.61 bits per heavy atom. The molecule has 10 heteroatoms. The number of likely N-dealkylation sites (tertiary alicyclic amines) is 1. The largest absolute Gasteiger partial charge is 0.378 e. The maximum Gasteiger partial charge on any atom is 0.252 e. The van der Waals surface area contributed by atoms with Crippen molar-refractivity contribution in [2.75, 3.05) is 18.4 Å². The molecule has 4 rings (SSSR count). The predicted octanol–water partition coefficient (Wildman–Crippen LogP) is 2.03. The summed E-state index contributed by atoms with van der Waals surface area (Å²) in [6.07, 6.45) is 7.84. The van der Waals surface area contributed by atoms with Crippen molar-refractivity contribution in [2.45, 2.75) is 33.2 Å². The molecule has 0 radical (unpaired) electrons. The van der Waals surface area contributed by atoms with Crippen molar-refractivity contribution >= 4 is 23.0 Å². The van der Waals surface area contributed by atoms with Crippen molar-refractivity contribution in [1.29, 1.82) is 5.26 Å². The minimum atomic E-state index is -1.09. The fourth-order valence-electron chi connectivity index (χ4n) is 4.37. The summed E-state index contributed by atoms with van der Waals surface area (Å²) in [5.74, 6) is -0.615. The van der Waals surface area contributed by atoms with Crippen molar-refractivity contribution in [3.8, 4) is 17.2 Å². The van der Waals surface area contributed by atoms with E-state index in [2.05, 4.69) is 28.5 Å². The van der Waals surface area contributed by atoms with E-state index in [1.165, 1.54) is 6.20 Å². The molecule has 0 bridgehead atoms. The van der Waals surface area contributed by atoms with E-state index in [0.717, 1.165) is 17.5 Å². The van der Waals surface area contributed by atoms with Crippen LogP contribution < -0.4 is 11.1 Å². The van der Waals surface area contributed by atoms with Crippen LogP contribution in [0, 0.1) is 22.7 Å². The van der Waals surface area contributed by atoms with Crippen LogP contribution in [0.25, 0.3) is 16.6 Å². The number of nitrogens with zero attached hydrogens (tertiary/aromatic N) is 6. The van der Waals surface area contributed by atoms with E-state index in [-0.39, 0.29) is 23.4 Å². The first kappa shape index (κ1) is 22.3. The van der Waals surface area contributed by atoms with Gasteiger partial charge in [0.25, 0.3) is 5.91 Å². The second-order valence-corrected chi connectivity index (χ2v) is 9.12. The van der Waals surface area contributed by atoms with Crippen molar-refractivity contribution in [3.05, 3.63) is 36.4 Å². The molecule has 172 valence electrons. The van der Waals surface area contributed by atoms with Crippen LogP contribution in [0.15, 0.2) is 30.9 Å². The Bertz CT molecular complexity index is 1270. The number of rotatable bonds is 6. The van der Waals surface area contributed by atoms with E-state index in [0.29, 0.717) is 24.3 Å². The fourth-order valence-corrected chi connectivity index (χ4v) is 4.37. The first-order valence-corrected chi connectivity index (χ1v) is 10.9. The van der Waals surface area contributed by atoms with E-state index in [1.54, 1.807) is 34.1 Å². The number of nitriles is 1. The summed E-state index contributed by atoms with van der Waals surface area (Å²) in [5.41, 5.74) is 8.01. The van der Waals surface area contributed by atoms with Gasteiger partial charge < -0.3 is 16.0 Å². The molecule has 2 atom stereocenters. The highest BCUT2D eigenvalue weighted by molar-refractivity contribution is 6.02. The number of aryl methyl sites for hydroxylation is 1. The molecule has 33 heavy (non-hydrogen) atoms. The summed E-state index contributed by atoms with van der Waals surface area (Å²) >= 11 is 0. The van der Waals surface area contributed by atoms with E-state index in [1.807, 2.05) is 25.5 Å². The minimum absolute atomic E-state index is 0.102. The summed E-state index contributed by atoms with van der Waals surface area (Å²) < 4.78 is 3.42. The van der Waals surface area contributed by atoms with E-state index in [4.69, 9.17) is 5.73 Å². The highest BCUT2D eigenvalue weighted by atomic mass is 16.2. The number of primary amides is 1. The molecule has 1 fully saturated rings. The lowest BCUT2D eigenvalue weighted by Gasteiger charge is -2.24. The zero-order valence-electron chi connectivity index (χ0n) is 19.2. The number of nitrogens with one attached hydrogen (secondary N) is 1. The van der Waals surface area contributed by atoms with Crippen LogP contribution in [0.2, 0.25) is 0 Å². The predicted molar refractivity (Wildman–Crippen MR) is 123 cm³/mol. The quantitative estimate of drug-likeness (QED) is 0.592. The van der Waals surface area contributed by atoms with E-state index >= 15 is 0 Å². The van der Waals surface area contributed by atoms with Gasteiger partial charge in [0.15, 0.2) is 0 Å². The summed E-state index contributed by atoms with van der Waals surface area (Å²) in [6, 6.07) is 3.93. The van der Waals surface area contributed by atoms with Crippen LogP contribution in [0.4, 0.5) is 5.69 Å². The number of carbonyl (C=O) groups excluding carboxylic acids is 2. The lowest BCUT2D eigenvalue weighted by Crippen LogP contribution is -2.40. The van der Waals surface area contributed by atoms with Gasteiger partial charge in [0.1, 0.15) is 5.41 Å². The summed E-state index contributed by atoms with van der Waals surface area (Å²) in [7, 11) is 1.85. The van der Waals surface area contributed by atoms with Gasteiger partial charge in [-0.05, 0) is 32.3 Å². The number of hydrogen-bond donors (Lipinski definition) is 2. The third-order valence-corrected chi connectivity index (χ3v) is 6.34. The number of aromatic nitrogens is 4. The van der Waals surface area contributed by atoms with Crippen LogP contribution in [0.1, 0.15) is 37.6 Å². The Balaban J connectivity index is 1.71.